The zero-order valence-electron chi connectivity index (χ0n) is 15.5. The molecule has 1 amide bonds. The molecule has 4 aromatic rings. The SMILES string of the molecule is Nc1ccc(-c2ccc3[nH]c4c(c3c2)CN(C(=O)c2ccccc2)CC4)cc1. The Bertz CT molecular complexity index is 1160. The van der Waals surface area contributed by atoms with Gasteiger partial charge in [0.15, 0.2) is 0 Å². The van der Waals surface area contributed by atoms with Crippen LogP contribution in [0.25, 0.3) is 22.0 Å². The first-order valence-electron chi connectivity index (χ1n) is 9.53. The van der Waals surface area contributed by atoms with Crippen LogP contribution in [0.3, 0.4) is 0 Å². The van der Waals surface area contributed by atoms with Crippen LogP contribution >= 0.6 is 0 Å². The molecule has 1 aliphatic heterocycles. The maximum Gasteiger partial charge on any atom is 0.254 e. The quantitative estimate of drug-likeness (QED) is 0.508. The summed E-state index contributed by atoms with van der Waals surface area (Å²) in [4.78, 5) is 18.4. The molecule has 0 saturated heterocycles. The molecule has 2 heterocycles. The summed E-state index contributed by atoms with van der Waals surface area (Å²) in [5.41, 5.74) is 13.2. The average molecular weight is 367 g/mol. The number of rotatable bonds is 2. The summed E-state index contributed by atoms with van der Waals surface area (Å²) < 4.78 is 0. The number of carbonyl (C=O) groups is 1. The summed E-state index contributed by atoms with van der Waals surface area (Å²) in [7, 11) is 0. The molecular weight excluding hydrogens is 346 g/mol. The van der Waals surface area contributed by atoms with Crippen molar-refractivity contribution < 1.29 is 4.79 Å². The van der Waals surface area contributed by atoms with Gasteiger partial charge in [-0.15, -0.1) is 0 Å². The molecule has 0 spiro atoms. The fourth-order valence-corrected chi connectivity index (χ4v) is 4.01. The molecule has 0 radical (unpaired) electrons. The predicted octanol–water partition coefficient (Wildman–Crippen LogP) is 4.62. The fraction of sp³-hybridized carbons (Fsp3) is 0.125. The third-order valence-electron chi connectivity index (χ3n) is 5.53. The highest BCUT2D eigenvalue weighted by Crippen LogP contribution is 2.32. The number of H-pyrrole nitrogens is 1. The van der Waals surface area contributed by atoms with Crippen LogP contribution in [-0.4, -0.2) is 22.3 Å². The standard InChI is InChI=1S/C24H21N3O/c25-19-9-6-16(7-10-19)18-8-11-22-20(14-18)21-15-27(13-12-23(21)26-22)24(28)17-4-2-1-3-5-17/h1-11,14,26H,12-13,15,25H2. The van der Waals surface area contributed by atoms with Crippen molar-refractivity contribution in [3.05, 3.63) is 89.6 Å². The second-order valence-corrected chi connectivity index (χ2v) is 7.31. The maximum absolute atomic E-state index is 12.9. The number of hydrogen-bond donors (Lipinski definition) is 2. The van der Waals surface area contributed by atoms with Crippen LogP contribution in [0.2, 0.25) is 0 Å². The predicted molar refractivity (Wildman–Crippen MR) is 113 cm³/mol. The van der Waals surface area contributed by atoms with Crippen LogP contribution in [0, 0.1) is 0 Å². The molecule has 28 heavy (non-hydrogen) atoms. The molecule has 0 aliphatic carbocycles. The lowest BCUT2D eigenvalue weighted by molar-refractivity contribution is 0.0735. The van der Waals surface area contributed by atoms with Gasteiger partial charge in [-0.1, -0.05) is 36.4 Å². The van der Waals surface area contributed by atoms with E-state index in [0.717, 1.165) is 40.9 Å². The Morgan fingerprint density at radius 1 is 0.929 bits per heavy atom. The summed E-state index contributed by atoms with van der Waals surface area (Å²) in [5.74, 6) is 0.0929. The lowest BCUT2D eigenvalue weighted by Crippen LogP contribution is -2.35. The lowest BCUT2D eigenvalue weighted by Gasteiger charge is -2.27. The van der Waals surface area contributed by atoms with Crippen molar-refractivity contribution in [1.29, 1.82) is 0 Å². The number of benzene rings is 3. The Kier molecular flexibility index (Phi) is 3.90. The van der Waals surface area contributed by atoms with E-state index in [1.807, 2.05) is 59.5 Å². The molecular formula is C24H21N3O. The number of fused-ring (bicyclic) bond motifs is 3. The molecule has 4 heteroatoms. The van der Waals surface area contributed by atoms with Gasteiger partial charge in [0.05, 0.1) is 0 Å². The maximum atomic E-state index is 12.9. The van der Waals surface area contributed by atoms with Gasteiger partial charge < -0.3 is 15.6 Å². The molecule has 0 bridgehead atoms. The zero-order chi connectivity index (χ0) is 19.1. The van der Waals surface area contributed by atoms with E-state index in [9.17, 15) is 4.79 Å². The smallest absolute Gasteiger partial charge is 0.254 e. The molecule has 0 unspecified atom stereocenters. The highest BCUT2D eigenvalue weighted by molar-refractivity contribution is 5.95. The second kappa shape index (κ2) is 6.57. The number of nitrogens with one attached hydrogen (secondary N) is 1. The van der Waals surface area contributed by atoms with E-state index in [1.54, 1.807) is 0 Å². The first-order chi connectivity index (χ1) is 13.7. The van der Waals surface area contributed by atoms with Gasteiger partial charge in [-0.3, -0.25) is 4.79 Å². The number of carbonyl (C=O) groups excluding carboxylic acids is 1. The van der Waals surface area contributed by atoms with E-state index < -0.39 is 0 Å². The largest absolute Gasteiger partial charge is 0.399 e. The van der Waals surface area contributed by atoms with Crippen molar-refractivity contribution in [3.63, 3.8) is 0 Å². The monoisotopic (exact) mass is 367 g/mol. The molecule has 0 saturated carbocycles. The third-order valence-corrected chi connectivity index (χ3v) is 5.53. The molecule has 0 atom stereocenters. The summed E-state index contributed by atoms with van der Waals surface area (Å²) in [6.45, 7) is 1.37. The van der Waals surface area contributed by atoms with Crippen molar-refractivity contribution >= 4 is 22.5 Å². The number of hydrogen-bond acceptors (Lipinski definition) is 2. The molecule has 3 N–H and O–H groups in total. The van der Waals surface area contributed by atoms with Gasteiger partial charge in [0.1, 0.15) is 0 Å². The van der Waals surface area contributed by atoms with Crippen molar-refractivity contribution in [1.82, 2.24) is 9.88 Å². The molecule has 5 rings (SSSR count). The number of aromatic nitrogens is 1. The first kappa shape index (κ1) is 16.6. The lowest BCUT2D eigenvalue weighted by atomic mass is 9.99. The average Bonchev–Trinajstić information content (AvgIpc) is 3.11. The van der Waals surface area contributed by atoms with E-state index in [-0.39, 0.29) is 5.91 Å². The molecule has 138 valence electrons. The topological polar surface area (TPSA) is 62.1 Å². The van der Waals surface area contributed by atoms with Gasteiger partial charge in [-0.25, -0.2) is 0 Å². The van der Waals surface area contributed by atoms with Gasteiger partial charge in [0.2, 0.25) is 0 Å². The Balaban J connectivity index is 1.51. The van der Waals surface area contributed by atoms with Gasteiger partial charge >= 0.3 is 0 Å². The third kappa shape index (κ3) is 2.83. The summed E-state index contributed by atoms with van der Waals surface area (Å²) >= 11 is 0. The van der Waals surface area contributed by atoms with Crippen LogP contribution in [0.5, 0.6) is 0 Å². The summed E-state index contributed by atoms with van der Waals surface area (Å²) in [6, 6.07) is 23.9. The molecule has 1 aromatic heterocycles. The van der Waals surface area contributed by atoms with Crippen LogP contribution in [0.15, 0.2) is 72.8 Å². The van der Waals surface area contributed by atoms with Gasteiger partial charge in [-0.05, 0) is 47.5 Å². The van der Waals surface area contributed by atoms with Crippen LogP contribution < -0.4 is 5.73 Å². The van der Waals surface area contributed by atoms with Crippen molar-refractivity contribution in [2.24, 2.45) is 0 Å². The number of nitrogen functional groups attached to an aromatic ring is 1. The zero-order valence-corrected chi connectivity index (χ0v) is 15.5. The number of anilines is 1. The van der Waals surface area contributed by atoms with Crippen LogP contribution in [0.4, 0.5) is 5.69 Å². The van der Waals surface area contributed by atoms with Crippen molar-refractivity contribution in [3.8, 4) is 11.1 Å². The minimum Gasteiger partial charge on any atom is -0.399 e. The van der Waals surface area contributed by atoms with Crippen LogP contribution in [-0.2, 0) is 13.0 Å². The van der Waals surface area contributed by atoms with Crippen molar-refractivity contribution in [2.45, 2.75) is 13.0 Å². The minimum absolute atomic E-state index is 0.0929. The number of nitrogens with two attached hydrogens (primary N) is 1. The van der Waals surface area contributed by atoms with E-state index in [4.69, 9.17) is 5.73 Å². The highest BCUT2D eigenvalue weighted by atomic mass is 16.2. The van der Waals surface area contributed by atoms with E-state index >= 15 is 0 Å². The Hall–Kier alpha value is -3.53. The fourth-order valence-electron chi connectivity index (χ4n) is 4.01. The van der Waals surface area contributed by atoms with Gasteiger partial charge in [0, 0.05) is 52.9 Å². The van der Waals surface area contributed by atoms with Gasteiger partial charge in [0.25, 0.3) is 5.91 Å². The van der Waals surface area contributed by atoms with Gasteiger partial charge in [-0.2, -0.15) is 0 Å². The molecule has 0 fully saturated rings. The number of nitrogens with zero attached hydrogens (tertiary/aromatic N) is 1. The van der Waals surface area contributed by atoms with E-state index in [0.29, 0.717) is 6.54 Å². The minimum atomic E-state index is 0.0929. The van der Waals surface area contributed by atoms with E-state index in [2.05, 4.69) is 23.2 Å². The first-order valence-corrected chi connectivity index (χ1v) is 9.53. The second-order valence-electron chi connectivity index (χ2n) is 7.31. The summed E-state index contributed by atoms with van der Waals surface area (Å²) in [6.07, 6.45) is 0.847. The van der Waals surface area contributed by atoms with Crippen LogP contribution in [0.1, 0.15) is 21.6 Å². The van der Waals surface area contributed by atoms with Crippen molar-refractivity contribution in [2.75, 3.05) is 12.3 Å². The Morgan fingerprint density at radius 3 is 2.46 bits per heavy atom. The highest BCUT2D eigenvalue weighted by Gasteiger charge is 2.24. The Morgan fingerprint density at radius 2 is 1.68 bits per heavy atom. The molecule has 1 aliphatic rings. The molecule has 3 aromatic carbocycles. The summed E-state index contributed by atoms with van der Waals surface area (Å²) in [5, 5.41) is 1.19. The number of amides is 1. The van der Waals surface area contributed by atoms with E-state index in [1.165, 1.54) is 16.6 Å². The molecule has 4 nitrogen and oxygen atoms in total. The number of aromatic amines is 1. The Labute approximate surface area is 163 Å². The normalized spacial score (nSPS) is 13.5.